The minimum Gasteiger partial charge on any atom is -0.508 e. The molecule has 5 atom stereocenters. The summed E-state index contributed by atoms with van der Waals surface area (Å²) >= 11 is 0. The van der Waals surface area contributed by atoms with E-state index in [4.69, 9.17) is 19.3 Å². The zero-order valence-corrected chi connectivity index (χ0v) is 49.2. The lowest BCUT2D eigenvalue weighted by molar-refractivity contribution is 0.257. The van der Waals surface area contributed by atoms with Crippen molar-refractivity contribution in [3.05, 3.63) is 265 Å². The first kappa shape index (κ1) is 57.3. The highest BCUT2D eigenvalue weighted by Gasteiger charge is 2.51. The molecule has 15 rings (SSSR count). The van der Waals surface area contributed by atoms with E-state index in [-0.39, 0.29) is 16.2 Å². The van der Waals surface area contributed by atoms with E-state index in [0.717, 1.165) is 106 Å². The molecule has 438 valence electrons. The predicted molar refractivity (Wildman–Crippen MR) is 337 cm³/mol. The van der Waals surface area contributed by atoms with Crippen LogP contribution >= 0.6 is 0 Å². The summed E-state index contributed by atoms with van der Waals surface area (Å²) < 4.78 is 15.9. The molecule has 9 aromatic rings. The lowest BCUT2D eigenvalue weighted by Crippen LogP contribution is -2.28. The van der Waals surface area contributed by atoms with Crippen LogP contribution in [0.1, 0.15) is 95.3 Å². The molecular weight excluding hydrogens is 1070 g/mol. The van der Waals surface area contributed by atoms with Gasteiger partial charge >= 0.3 is 0 Å². The lowest BCUT2D eigenvalue weighted by Gasteiger charge is -2.32. The summed E-state index contributed by atoms with van der Waals surface area (Å²) in [6, 6.07) is 59.4. The van der Waals surface area contributed by atoms with Crippen molar-refractivity contribution in [2.75, 3.05) is 28.4 Å². The van der Waals surface area contributed by atoms with Gasteiger partial charge in [0.25, 0.3) is 0 Å². The number of hydrogen-bond acceptors (Lipinski definition) is 10. The van der Waals surface area contributed by atoms with Gasteiger partial charge in [0.2, 0.25) is 0 Å². The van der Waals surface area contributed by atoms with Crippen LogP contribution in [0.25, 0.3) is 11.6 Å². The summed E-state index contributed by atoms with van der Waals surface area (Å²) in [6.45, 7) is 0. The highest BCUT2D eigenvalue weighted by Crippen LogP contribution is 2.59. The Bertz CT molecular complexity index is 3820. The normalized spacial score (nSPS) is 21.4. The van der Waals surface area contributed by atoms with Gasteiger partial charge in [-0.25, -0.2) is 0 Å². The van der Waals surface area contributed by atoms with E-state index in [0.29, 0.717) is 46.3 Å². The fourth-order valence-electron chi connectivity index (χ4n) is 15.6. The standard InChI is InChI=1S/2C25H24O3.C25H22O3.CH4O/c3*1-28-22-8-2-16(3-9-22)10-24-23-12-21(27)7-5-18(23)14-25(24)13-17-4-6-20(26)11-19(17)15-25;1-2/h2*2-9,11-12,24,26-27H,10,13-15H2,1H3;2-12,26-27H,13-15H2,1H3;2H,1H3/t24-,25+;24-,25-;;/m11../s1. The van der Waals surface area contributed by atoms with E-state index < -0.39 is 0 Å². The molecule has 6 aliphatic carbocycles. The summed E-state index contributed by atoms with van der Waals surface area (Å²) in [6.07, 6.45) is 12.9. The first-order valence-corrected chi connectivity index (χ1v) is 29.6. The molecule has 1 unspecified atom stereocenters. The van der Waals surface area contributed by atoms with Crippen LogP contribution < -0.4 is 14.2 Å². The second-order valence-corrected chi connectivity index (χ2v) is 24.6. The maximum absolute atomic E-state index is 10.1. The Hall–Kier alpha value is -9.12. The monoisotopic (exact) mass is 1150 g/mol. The molecule has 6 aliphatic rings. The first-order chi connectivity index (χ1) is 41.7. The average molecular weight is 1150 g/mol. The van der Waals surface area contributed by atoms with Gasteiger partial charge in [-0.3, -0.25) is 0 Å². The molecule has 0 heterocycles. The second kappa shape index (κ2) is 23.4. The third-order valence-corrected chi connectivity index (χ3v) is 19.5. The van der Waals surface area contributed by atoms with Gasteiger partial charge in [0.1, 0.15) is 51.7 Å². The van der Waals surface area contributed by atoms with Crippen molar-refractivity contribution in [1.29, 1.82) is 0 Å². The molecule has 0 saturated carbocycles. The number of aromatic hydroxyl groups is 6. The molecule has 0 fully saturated rings. The number of hydrogen-bond donors (Lipinski definition) is 7. The molecule has 10 nitrogen and oxygen atoms in total. The number of phenols is 6. The van der Waals surface area contributed by atoms with Crippen LogP contribution in [0, 0.1) is 16.2 Å². The summed E-state index contributed by atoms with van der Waals surface area (Å²) in [5.74, 6) is 5.21. The molecule has 3 spiro atoms. The summed E-state index contributed by atoms with van der Waals surface area (Å²) in [5, 5.41) is 67.2. The van der Waals surface area contributed by atoms with E-state index in [9.17, 15) is 30.6 Å². The van der Waals surface area contributed by atoms with Crippen molar-refractivity contribution in [3.8, 4) is 51.7 Å². The van der Waals surface area contributed by atoms with Crippen LogP contribution in [0.4, 0.5) is 0 Å². The minimum atomic E-state index is -0.0355. The summed E-state index contributed by atoms with van der Waals surface area (Å²) in [4.78, 5) is 0. The zero-order chi connectivity index (χ0) is 59.9. The van der Waals surface area contributed by atoms with Crippen LogP contribution in [0.5, 0.6) is 51.7 Å². The maximum atomic E-state index is 10.1. The van der Waals surface area contributed by atoms with E-state index in [2.05, 4.69) is 66.7 Å². The van der Waals surface area contributed by atoms with Crippen LogP contribution in [-0.2, 0) is 70.6 Å². The minimum absolute atomic E-state index is 0.0355. The number of rotatable bonds is 8. The third-order valence-electron chi connectivity index (χ3n) is 19.5. The van der Waals surface area contributed by atoms with Crippen molar-refractivity contribution >= 4 is 11.6 Å². The van der Waals surface area contributed by atoms with Gasteiger partial charge in [0, 0.05) is 12.5 Å². The number of aliphatic hydroxyl groups is 1. The number of allylic oxidation sites excluding steroid dienone is 1. The van der Waals surface area contributed by atoms with Crippen molar-refractivity contribution in [2.45, 2.75) is 82.5 Å². The molecule has 0 amide bonds. The van der Waals surface area contributed by atoms with Crippen LogP contribution in [-0.4, -0.2) is 64.2 Å². The van der Waals surface area contributed by atoms with E-state index in [1.165, 1.54) is 77.9 Å². The molecule has 10 heteroatoms. The quantitative estimate of drug-likeness (QED) is 0.0777. The van der Waals surface area contributed by atoms with Crippen molar-refractivity contribution in [2.24, 2.45) is 16.2 Å². The number of methoxy groups -OCH3 is 3. The number of aliphatic hydroxyl groups excluding tert-OH is 1. The van der Waals surface area contributed by atoms with Gasteiger partial charge in [-0.2, -0.15) is 0 Å². The number of fused-ring (bicyclic) bond motifs is 6. The highest BCUT2D eigenvalue weighted by molar-refractivity contribution is 5.90. The Balaban J connectivity index is 0.000000124. The molecule has 0 radical (unpaired) electrons. The number of ether oxygens (including phenoxy) is 3. The van der Waals surface area contributed by atoms with Gasteiger partial charge in [-0.15, -0.1) is 0 Å². The topological polar surface area (TPSA) is 169 Å². The highest BCUT2D eigenvalue weighted by atomic mass is 16.5. The molecule has 0 aromatic heterocycles. The molecular formula is C76H74O10. The summed E-state index contributed by atoms with van der Waals surface area (Å²) in [7, 11) is 6.04. The largest absolute Gasteiger partial charge is 0.508 e. The molecule has 0 aliphatic heterocycles. The van der Waals surface area contributed by atoms with E-state index in [1.54, 1.807) is 57.7 Å². The van der Waals surface area contributed by atoms with Gasteiger partial charge in [-0.1, -0.05) is 78.9 Å². The average Bonchev–Trinajstić information content (AvgIpc) is 1.70. The number of benzene rings is 9. The Morgan fingerprint density at radius 3 is 1.09 bits per heavy atom. The maximum Gasteiger partial charge on any atom is 0.118 e. The zero-order valence-electron chi connectivity index (χ0n) is 49.2. The van der Waals surface area contributed by atoms with Gasteiger partial charge in [0.05, 0.1) is 21.3 Å². The fraction of sp³-hybridized carbons (Fsp3) is 0.263. The molecule has 86 heavy (non-hydrogen) atoms. The van der Waals surface area contributed by atoms with Gasteiger partial charge < -0.3 is 50.0 Å². The predicted octanol–water partition coefficient (Wildman–Crippen LogP) is 14.1. The van der Waals surface area contributed by atoms with Crippen LogP contribution in [0.15, 0.2) is 182 Å². The lowest BCUT2D eigenvalue weighted by atomic mass is 9.71. The molecule has 7 N–H and O–H groups in total. The van der Waals surface area contributed by atoms with E-state index >= 15 is 0 Å². The van der Waals surface area contributed by atoms with Crippen molar-refractivity contribution < 1.29 is 50.0 Å². The van der Waals surface area contributed by atoms with Crippen molar-refractivity contribution in [1.82, 2.24) is 0 Å². The van der Waals surface area contributed by atoms with Gasteiger partial charge in [0.15, 0.2) is 0 Å². The smallest absolute Gasteiger partial charge is 0.118 e. The van der Waals surface area contributed by atoms with E-state index in [1.807, 2.05) is 84.9 Å². The van der Waals surface area contributed by atoms with Gasteiger partial charge in [-0.05, 0) is 292 Å². The Labute approximate surface area is 503 Å². The first-order valence-electron chi connectivity index (χ1n) is 29.6. The molecule has 9 aromatic carbocycles. The third kappa shape index (κ3) is 11.1. The van der Waals surface area contributed by atoms with Crippen LogP contribution in [0.2, 0.25) is 0 Å². The van der Waals surface area contributed by atoms with Crippen LogP contribution in [0.3, 0.4) is 0 Å². The number of phenolic OH excluding ortho intramolecular Hbond substituents is 6. The summed E-state index contributed by atoms with van der Waals surface area (Å²) in [5.41, 5.74) is 20.5. The Morgan fingerprint density at radius 2 is 0.663 bits per heavy atom. The Morgan fingerprint density at radius 1 is 0.349 bits per heavy atom. The fourth-order valence-corrected chi connectivity index (χ4v) is 15.6. The second-order valence-electron chi connectivity index (χ2n) is 24.6. The molecule has 0 saturated heterocycles. The Kier molecular flexibility index (Phi) is 15.6. The SMILES string of the molecule is CO.COc1ccc(C=C2c3cc(O)ccc3CC23Cc2ccc(O)cc2C3)cc1.COc1ccc(C[C@@H]2c3cc(O)ccc3C[C@@]23Cc2ccc(O)cc2C3)cc1.COc1ccc(C[C@@H]2c3cc(O)ccc3C[C@]23Cc2ccc(O)cc2C3)cc1. The molecule has 0 bridgehead atoms. The van der Waals surface area contributed by atoms with Crippen molar-refractivity contribution in [3.63, 3.8) is 0 Å².